The number of alkyl halides is 6. The molecule has 1 aromatic heterocycles. The standard InChI is InChI=1S/C9H17N2.C3HF6NO3S/c1-8(2)10-5-6-11(7-10)9(3)4;4-2(5,6)1(11)10-14(12,13)3(7,8)9/h5-9H,1-4H3;(H,10,11)/q+1;. The summed E-state index contributed by atoms with van der Waals surface area (Å²) in [6.45, 7) is 8.74. The maximum absolute atomic E-state index is 11.4. The van der Waals surface area contributed by atoms with E-state index in [2.05, 4.69) is 55.6 Å². The summed E-state index contributed by atoms with van der Waals surface area (Å²) >= 11 is 0. The van der Waals surface area contributed by atoms with Crippen LogP contribution in [0.4, 0.5) is 26.3 Å². The molecule has 0 aliphatic heterocycles. The van der Waals surface area contributed by atoms with Gasteiger partial charge >= 0.3 is 27.6 Å². The van der Waals surface area contributed by atoms with Crippen molar-refractivity contribution in [3.05, 3.63) is 18.7 Å². The van der Waals surface area contributed by atoms with E-state index < -0.39 is 27.6 Å². The molecule has 13 heteroatoms. The first-order valence-electron chi connectivity index (χ1n) is 6.77. The zero-order valence-electron chi connectivity index (χ0n) is 13.7. The van der Waals surface area contributed by atoms with E-state index in [1.54, 1.807) is 0 Å². The topological polar surface area (TPSA) is 72.0 Å². The predicted molar refractivity (Wildman–Crippen MR) is 74.6 cm³/mol. The molecule has 6 nitrogen and oxygen atoms in total. The Bertz CT molecular complexity index is 655. The third-order valence-electron chi connectivity index (χ3n) is 2.66. The summed E-state index contributed by atoms with van der Waals surface area (Å²) in [7, 11) is -6.30. The number of carbonyl (C=O) groups is 1. The maximum atomic E-state index is 11.4. The molecule has 0 aliphatic carbocycles. The fourth-order valence-electron chi connectivity index (χ4n) is 1.23. The van der Waals surface area contributed by atoms with Crippen LogP contribution in [0.2, 0.25) is 0 Å². The monoisotopic (exact) mass is 398 g/mol. The summed E-state index contributed by atoms with van der Waals surface area (Å²) in [6.07, 6.45) is 0.684. The summed E-state index contributed by atoms with van der Waals surface area (Å²) in [5.41, 5.74) is -5.96. The number of amides is 1. The van der Waals surface area contributed by atoms with Crippen molar-refractivity contribution in [2.24, 2.45) is 0 Å². The maximum Gasteiger partial charge on any atom is 0.516 e. The third kappa shape index (κ3) is 7.32. The lowest BCUT2D eigenvalue weighted by atomic mass is 10.4. The van der Waals surface area contributed by atoms with Gasteiger partial charge in [-0.05, 0) is 27.7 Å². The second-order valence-corrected chi connectivity index (χ2v) is 7.05. The number of halogens is 6. The third-order valence-corrected chi connectivity index (χ3v) is 3.72. The first-order chi connectivity index (χ1) is 11.0. The van der Waals surface area contributed by atoms with E-state index in [0.717, 1.165) is 0 Å². The highest BCUT2D eigenvalue weighted by Gasteiger charge is 2.51. The van der Waals surface area contributed by atoms with Gasteiger partial charge in [-0.15, -0.1) is 0 Å². The van der Waals surface area contributed by atoms with Crippen molar-refractivity contribution in [3.8, 4) is 0 Å². The molecule has 1 N–H and O–H groups in total. The number of nitrogens with zero attached hydrogens (tertiary/aromatic N) is 2. The van der Waals surface area contributed by atoms with Crippen LogP contribution < -0.4 is 9.29 Å². The molecule has 0 saturated carbocycles. The molecule has 1 heterocycles. The minimum Gasteiger partial charge on any atom is -0.263 e. The second-order valence-electron chi connectivity index (χ2n) is 5.37. The van der Waals surface area contributed by atoms with Crippen LogP contribution in [-0.4, -0.2) is 30.6 Å². The van der Waals surface area contributed by atoms with Gasteiger partial charge in [0.1, 0.15) is 12.4 Å². The van der Waals surface area contributed by atoms with Crippen LogP contribution in [0.5, 0.6) is 0 Å². The lowest BCUT2D eigenvalue weighted by Crippen LogP contribution is -2.46. The second kappa shape index (κ2) is 8.06. The van der Waals surface area contributed by atoms with Crippen molar-refractivity contribution in [1.82, 2.24) is 9.29 Å². The van der Waals surface area contributed by atoms with Crippen LogP contribution in [-0.2, 0) is 14.8 Å². The molecule has 146 valence electrons. The molecule has 0 bridgehead atoms. The lowest BCUT2D eigenvalue weighted by molar-refractivity contribution is -0.715. The molecular weight excluding hydrogens is 380 g/mol. The van der Waals surface area contributed by atoms with E-state index in [0.29, 0.717) is 12.1 Å². The fourth-order valence-corrected chi connectivity index (χ4v) is 1.71. The molecule has 0 unspecified atom stereocenters. The molecule has 25 heavy (non-hydrogen) atoms. The van der Waals surface area contributed by atoms with Crippen LogP contribution in [0, 0.1) is 0 Å². The smallest absolute Gasteiger partial charge is 0.263 e. The average molecular weight is 398 g/mol. The average Bonchev–Trinajstić information content (AvgIpc) is 2.86. The molecule has 0 aromatic carbocycles. The first-order valence-corrected chi connectivity index (χ1v) is 8.25. The Kier molecular flexibility index (Phi) is 7.48. The molecule has 1 amide bonds. The Morgan fingerprint density at radius 3 is 1.80 bits per heavy atom. The molecule has 0 aliphatic rings. The van der Waals surface area contributed by atoms with Crippen molar-refractivity contribution < 1.29 is 44.1 Å². The number of nitrogens with one attached hydrogen (secondary N) is 1. The Balaban J connectivity index is 0.000000472. The van der Waals surface area contributed by atoms with Gasteiger partial charge in [0.25, 0.3) is 0 Å². The minimum atomic E-state index is -6.30. The lowest BCUT2D eigenvalue weighted by Gasteiger charge is -2.10. The van der Waals surface area contributed by atoms with Crippen LogP contribution in [0.1, 0.15) is 39.8 Å². The number of aromatic nitrogens is 2. The quantitative estimate of drug-likeness (QED) is 0.628. The molecule has 1 rings (SSSR count). The first kappa shape index (κ1) is 23.2. The zero-order valence-corrected chi connectivity index (χ0v) is 14.5. The molecule has 0 radical (unpaired) electrons. The SMILES string of the molecule is CC(C)n1cc[n+](C(C)C)c1.O=C(NS(=O)(=O)C(F)(F)F)C(F)(F)F. The van der Waals surface area contributed by atoms with Gasteiger partial charge in [-0.25, -0.2) is 13.9 Å². The minimum absolute atomic E-state index is 0.181. The number of hydrogen-bond donors (Lipinski definition) is 1. The Labute approximate surface area is 140 Å². The van der Waals surface area contributed by atoms with Gasteiger partial charge < -0.3 is 0 Å². The van der Waals surface area contributed by atoms with Crippen molar-refractivity contribution in [1.29, 1.82) is 0 Å². The summed E-state index contributed by atoms with van der Waals surface area (Å²) in [5.74, 6) is -3.20. The number of sulfonamides is 1. The van der Waals surface area contributed by atoms with E-state index in [9.17, 15) is 39.6 Å². The molecule has 1 aromatic rings. The van der Waals surface area contributed by atoms with E-state index in [1.165, 1.54) is 0 Å². The highest BCUT2D eigenvalue weighted by atomic mass is 32.2. The Morgan fingerprint density at radius 2 is 1.56 bits per heavy atom. The summed E-state index contributed by atoms with van der Waals surface area (Å²) < 4.78 is 92.3. The fraction of sp³-hybridized carbons (Fsp3) is 0.667. The van der Waals surface area contributed by atoms with Crippen molar-refractivity contribution in [2.45, 2.75) is 51.5 Å². The van der Waals surface area contributed by atoms with Gasteiger partial charge in [0.2, 0.25) is 6.33 Å². The van der Waals surface area contributed by atoms with Crippen molar-refractivity contribution in [3.63, 3.8) is 0 Å². The number of carbonyl (C=O) groups excluding carboxylic acids is 1. The zero-order chi connectivity index (χ0) is 20.2. The van der Waals surface area contributed by atoms with Gasteiger partial charge in [0.05, 0.1) is 12.1 Å². The molecule has 0 fully saturated rings. The van der Waals surface area contributed by atoms with E-state index in [1.807, 2.05) is 0 Å². The van der Waals surface area contributed by atoms with Gasteiger partial charge in [0, 0.05) is 0 Å². The molecule has 0 atom stereocenters. The van der Waals surface area contributed by atoms with E-state index in [-0.39, 0.29) is 4.72 Å². The highest BCUT2D eigenvalue weighted by molar-refractivity contribution is 7.90. The van der Waals surface area contributed by atoms with Gasteiger partial charge in [-0.2, -0.15) is 34.8 Å². The van der Waals surface area contributed by atoms with Gasteiger partial charge in [-0.3, -0.25) is 4.79 Å². The summed E-state index contributed by atoms with van der Waals surface area (Å²) in [5, 5.41) is 0. The number of imidazole rings is 1. The van der Waals surface area contributed by atoms with Crippen LogP contribution in [0.15, 0.2) is 18.7 Å². The highest BCUT2D eigenvalue weighted by Crippen LogP contribution is 2.23. The van der Waals surface area contributed by atoms with Crippen molar-refractivity contribution >= 4 is 15.9 Å². The predicted octanol–water partition coefficient (Wildman–Crippen LogP) is 2.45. The largest absolute Gasteiger partial charge is 0.516 e. The van der Waals surface area contributed by atoms with Gasteiger partial charge in [-0.1, -0.05) is 0 Å². The molecule has 0 spiro atoms. The van der Waals surface area contributed by atoms with Gasteiger partial charge in [0.15, 0.2) is 0 Å². The van der Waals surface area contributed by atoms with E-state index >= 15 is 0 Å². The number of rotatable bonds is 3. The van der Waals surface area contributed by atoms with Crippen LogP contribution >= 0.6 is 0 Å². The van der Waals surface area contributed by atoms with Crippen molar-refractivity contribution in [2.75, 3.05) is 0 Å². The molecular formula is C12H18F6N3O3S+. The Morgan fingerprint density at radius 1 is 1.08 bits per heavy atom. The van der Waals surface area contributed by atoms with Crippen LogP contribution in [0.25, 0.3) is 0 Å². The Hall–Kier alpha value is -1.79. The normalized spacial score (nSPS) is 12.8. The van der Waals surface area contributed by atoms with Crippen LogP contribution in [0.3, 0.4) is 0 Å². The summed E-state index contributed by atoms with van der Waals surface area (Å²) in [4.78, 5) is 9.81. The van der Waals surface area contributed by atoms with E-state index in [4.69, 9.17) is 0 Å². The molecule has 0 saturated heterocycles. The number of hydrogen-bond acceptors (Lipinski definition) is 3. The summed E-state index contributed by atoms with van der Waals surface area (Å²) in [6, 6.07) is 1.13.